The van der Waals surface area contributed by atoms with Gasteiger partial charge in [-0.05, 0) is 0 Å². The molecular weight excluding hydrogens is 247 g/mol. The van der Waals surface area contributed by atoms with Crippen molar-refractivity contribution in [3.63, 3.8) is 0 Å². The first-order chi connectivity index (χ1) is 3.83. The summed E-state index contributed by atoms with van der Waals surface area (Å²) in [5.74, 6) is 0. The molecule has 0 aromatic heterocycles. The van der Waals surface area contributed by atoms with Crippen molar-refractivity contribution in [2.24, 2.45) is 0 Å². The molecule has 0 amide bonds. The van der Waals surface area contributed by atoms with Gasteiger partial charge in [-0.3, -0.25) is 0 Å². The normalized spacial score (nSPS) is 6.00. The molecule has 0 unspecified atom stereocenters. The molecule has 6 radical (unpaired) electrons. The molecule has 0 spiro atoms. The molecule has 62 valence electrons. The molecular formula is C8H20SSn. The van der Waals surface area contributed by atoms with Gasteiger partial charge in [0.1, 0.15) is 0 Å². The van der Waals surface area contributed by atoms with Crippen LogP contribution in [0.15, 0.2) is 0 Å². The molecule has 0 rings (SSSR count). The zero-order valence-electron chi connectivity index (χ0n) is 7.24. The molecule has 0 bridgehead atoms. The molecule has 0 heterocycles. The maximum Gasteiger partial charge on any atom is 0 e. The van der Waals surface area contributed by atoms with Crippen LogP contribution in [0.25, 0.3) is 0 Å². The summed E-state index contributed by atoms with van der Waals surface area (Å²) in [6.07, 6.45) is 4.56. The first-order valence-electron chi connectivity index (χ1n) is 3.41. The van der Waals surface area contributed by atoms with Crippen LogP contribution in [0.2, 0.25) is 0 Å². The molecule has 0 aliphatic rings. The van der Waals surface area contributed by atoms with Crippen LogP contribution in [0.5, 0.6) is 0 Å². The van der Waals surface area contributed by atoms with Crippen LogP contribution in [0.1, 0.15) is 39.5 Å². The third-order valence-corrected chi connectivity index (χ3v) is 0.707. The largest absolute Gasteiger partial charge is 0.197 e. The van der Waals surface area contributed by atoms with Gasteiger partial charge in [0.05, 0.1) is 0 Å². The van der Waals surface area contributed by atoms with Gasteiger partial charge < -0.3 is 0 Å². The average Bonchev–Trinajstić information content (AvgIpc) is 1.88. The Morgan fingerprint density at radius 1 is 0.900 bits per heavy atom. The van der Waals surface area contributed by atoms with E-state index in [0.717, 1.165) is 12.8 Å². The first-order valence-corrected chi connectivity index (χ1v) is 3.41. The molecule has 0 aliphatic heterocycles. The third kappa shape index (κ3) is 61.3. The Morgan fingerprint density at radius 2 is 1.00 bits per heavy atom. The Kier molecular flexibility index (Phi) is 72.0. The van der Waals surface area contributed by atoms with Crippen molar-refractivity contribution in [3.8, 4) is 0 Å². The molecule has 0 atom stereocenters. The van der Waals surface area contributed by atoms with Crippen molar-refractivity contribution >= 4 is 37.4 Å². The molecule has 0 saturated heterocycles. The SMILES string of the molecule is S.[CH2]CCC.[CH2]CCC.[Sn]. The van der Waals surface area contributed by atoms with Crippen LogP contribution >= 0.6 is 13.5 Å². The predicted molar refractivity (Wildman–Crippen MR) is 56.7 cm³/mol. The van der Waals surface area contributed by atoms with E-state index in [-0.39, 0.29) is 37.4 Å². The Morgan fingerprint density at radius 3 is 1.00 bits per heavy atom. The van der Waals surface area contributed by atoms with E-state index in [1.54, 1.807) is 0 Å². The Bertz CT molecular complexity index is 17.2. The Hall–Kier alpha value is 1.15. The molecule has 0 aromatic carbocycles. The summed E-state index contributed by atoms with van der Waals surface area (Å²) >= 11 is 0. The van der Waals surface area contributed by atoms with Gasteiger partial charge >= 0.3 is 0 Å². The second kappa shape index (κ2) is 32.0. The zero-order chi connectivity index (χ0) is 6.83. The van der Waals surface area contributed by atoms with Gasteiger partial charge in [0, 0.05) is 23.9 Å². The third-order valence-electron chi connectivity index (χ3n) is 0.707. The van der Waals surface area contributed by atoms with E-state index < -0.39 is 0 Å². The number of rotatable bonds is 2. The quantitative estimate of drug-likeness (QED) is 0.675. The number of hydrogen-bond donors (Lipinski definition) is 0. The van der Waals surface area contributed by atoms with Crippen molar-refractivity contribution < 1.29 is 0 Å². The Labute approximate surface area is 90.6 Å². The summed E-state index contributed by atoms with van der Waals surface area (Å²) < 4.78 is 0. The predicted octanol–water partition coefficient (Wildman–Crippen LogP) is 2.97. The monoisotopic (exact) mass is 268 g/mol. The molecule has 0 aromatic rings. The van der Waals surface area contributed by atoms with Crippen LogP contribution in [0, 0.1) is 13.8 Å². The van der Waals surface area contributed by atoms with E-state index in [1.165, 1.54) is 12.8 Å². The van der Waals surface area contributed by atoms with Gasteiger partial charge in [0.25, 0.3) is 0 Å². The van der Waals surface area contributed by atoms with Crippen molar-refractivity contribution in [1.82, 2.24) is 0 Å². The summed E-state index contributed by atoms with van der Waals surface area (Å²) in [5, 5.41) is 0. The first kappa shape index (κ1) is 22.5. The minimum absolute atomic E-state index is 0. The van der Waals surface area contributed by atoms with Gasteiger partial charge in [-0.2, -0.15) is 13.5 Å². The van der Waals surface area contributed by atoms with Gasteiger partial charge in [0.15, 0.2) is 0 Å². The van der Waals surface area contributed by atoms with Gasteiger partial charge in [-0.1, -0.05) is 53.4 Å². The van der Waals surface area contributed by atoms with Crippen LogP contribution in [-0.4, -0.2) is 23.9 Å². The number of hydrogen-bond acceptors (Lipinski definition) is 0. The van der Waals surface area contributed by atoms with E-state index >= 15 is 0 Å². The maximum atomic E-state index is 3.60. The van der Waals surface area contributed by atoms with Crippen LogP contribution in [-0.2, 0) is 0 Å². The van der Waals surface area contributed by atoms with Crippen molar-refractivity contribution in [1.29, 1.82) is 0 Å². The summed E-state index contributed by atoms with van der Waals surface area (Å²) in [5.41, 5.74) is 0. The van der Waals surface area contributed by atoms with Gasteiger partial charge in [-0.25, -0.2) is 0 Å². The minimum Gasteiger partial charge on any atom is -0.197 e. The standard InChI is InChI=1S/2C4H9.H2S.Sn/c2*1-3-4-2;;/h2*1,3-4H2,2H3;1H2;. The maximum absolute atomic E-state index is 3.60. The van der Waals surface area contributed by atoms with Gasteiger partial charge in [0.2, 0.25) is 0 Å². The second-order valence-corrected chi connectivity index (χ2v) is 1.71. The fraction of sp³-hybridized carbons (Fsp3) is 0.750. The van der Waals surface area contributed by atoms with E-state index in [9.17, 15) is 0 Å². The van der Waals surface area contributed by atoms with Crippen LogP contribution < -0.4 is 0 Å². The molecule has 10 heavy (non-hydrogen) atoms. The number of unbranched alkanes of at least 4 members (excludes halogenated alkanes) is 2. The zero-order valence-corrected chi connectivity index (χ0v) is 11.1. The Balaban J connectivity index is -0.0000000300. The summed E-state index contributed by atoms with van der Waals surface area (Å²) in [4.78, 5) is 0. The summed E-state index contributed by atoms with van der Waals surface area (Å²) in [6.45, 7) is 11.4. The van der Waals surface area contributed by atoms with E-state index in [4.69, 9.17) is 0 Å². The molecule has 0 N–H and O–H groups in total. The van der Waals surface area contributed by atoms with Crippen molar-refractivity contribution in [3.05, 3.63) is 13.8 Å². The van der Waals surface area contributed by atoms with Crippen LogP contribution in [0.3, 0.4) is 0 Å². The van der Waals surface area contributed by atoms with Crippen molar-refractivity contribution in [2.45, 2.75) is 39.5 Å². The topological polar surface area (TPSA) is 0 Å². The molecule has 0 aliphatic carbocycles. The smallest absolute Gasteiger partial charge is 0 e. The van der Waals surface area contributed by atoms with Crippen molar-refractivity contribution in [2.75, 3.05) is 0 Å². The van der Waals surface area contributed by atoms with E-state index in [2.05, 4.69) is 27.7 Å². The molecule has 2 heteroatoms. The summed E-state index contributed by atoms with van der Waals surface area (Å²) in [7, 11) is 0. The van der Waals surface area contributed by atoms with Gasteiger partial charge in [-0.15, -0.1) is 0 Å². The fourth-order valence-electron chi connectivity index (χ4n) is 0. The average molecular weight is 267 g/mol. The second-order valence-electron chi connectivity index (χ2n) is 1.71. The minimum atomic E-state index is 0. The van der Waals surface area contributed by atoms with E-state index in [0.29, 0.717) is 0 Å². The molecule has 0 saturated carbocycles. The van der Waals surface area contributed by atoms with E-state index in [1.807, 2.05) is 0 Å². The molecule has 0 nitrogen and oxygen atoms in total. The summed E-state index contributed by atoms with van der Waals surface area (Å²) in [6, 6.07) is 0. The van der Waals surface area contributed by atoms with Crippen LogP contribution in [0.4, 0.5) is 0 Å². The molecule has 0 fully saturated rings. The fourth-order valence-corrected chi connectivity index (χ4v) is 0.